The predicted octanol–water partition coefficient (Wildman–Crippen LogP) is 3.05. The van der Waals surface area contributed by atoms with Crippen LogP contribution in [0.3, 0.4) is 0 Å². The van der Waals surface area contributed by atoms with E-state index < -0.39 is 0 Å². The molecule has 0 bridgehead atoms. The van der Waals surface area contributed by atoms with Gasteiger partial charge in [-0.1, -0.05) is 29.8 Å². The summed E-state index contributed by atoms with van der Waals surface area (Å²) in [7, 11) is 0. The minimum Gasteiger partial charge on any atom is -0.348 e. The second kappa shape index (κ2) is 6.65. The van der Waals surface area contributed by atoms with Crippen LogP contribution >= 0.6 is 0 Å². The van der Waals surface area contributed by atoms with Crippen LogP contribution in [0.4, 0.5) is 5.69 Å². The molecular formula is C19H20N2O2. The van der Waals surface area contributed by atoms with Crippen LogP contribution in [0.1, 0.15) is 34.3 Å². The number of amides is 2. The van der Waals surface area contributed by atoms with Crippen molar-refractivity contribution >= 4 is 17.5 Å². The number of hydrogen-bond acceptors (Lipinski definition) is 2. The molecule has 0 saturated carbocycles. The summed E-state index contributed by atoms with van der Waals surface area (Å²) in [5.41, 5.74) is 3.68. The zero-order valence-electron chi connectivity index (χ0n) is 13.2. The Morgan fingerprint density at radius 3 is 2.61 bits per heavy atom. The molecule has 2 aromatic rings. The summed E-state index contributed by atoms with van der Waals surface area (Å²) in [4.78, 5) is 25.7. The summed E-state index contributed by atoms with van der Waals surface area (Å²) in [6.07, 6.45) is 1.56. The lowest BCUT2D eigenvalue weighted by atomic mass is 10.1. The van der Waals surface area contributed by atoms with Crippen molar-refractivity contribution in [3.63, 3.8) is 0 Å². The average molecular weight is 308 g/mol. The fraction of sp³-hybridized carbons (Fsp3) is 0.263. The zero-order valence-corrected chi connectivity index (χ0v) is 13.2. The van der Waals surface area contributed by atoms with Crippen molar-refractivity contribution in [3.05, 3.63) is 65.2 Å². The van der Waals surface area contributed by atoms with Crippen molar-refractivity contribution in [1.82, 2.24) is 5.32 Å². The quantitative estimate of drug-likeness (QED) is 0.943. The Bertz CT molecular complexity index is 722. The highest BCUT2D eigenvalue weighted by Gasteiger charge is 2.21. The molecule has 118 valence electrons. The van der Waals surface area contributed by atoms with Gasteiger partial charge in [-0.2, -0.15) is 0 Å². The second-order valence-electron chi connectivity index (χ2n) is 5.87. The third kappa shape index (κ3) is 3.59. The highest BCUT2D eigenvalue weighted by atomic mass is 16.2. The molecule has 4 heteroatoms. The molecule has 0 aliphatic carbocycles. The summed E-state index contributed by atoms with van der Waals surface area (Å²) in [5.74, 6) is 0.109. The maximum absolute atomic E-state index is 12.1. The van der Waals surface area contributed by atoms with E-state index in [1.54, 1.807) is 0 Å². The molecule has 0 atom stereocenters. The van der Waals surface area contributed by atoms with E-state index >= 15 is 0 Å². The molecule has 1 aliphatic heterocycles. The first-order valence-electron chi connectivity index (χ1n) is 7.88. The van der Waals surface area contributed by atoms with Gasteiger partial charge < -0.3 is 10.2 Å². The second-order valence-corrected chi connectivity index (χ2v) is 5.87. The maximum atomic E-state index is 12.1. The Morgan fingerprint density at radius 2 is 1.96 bits per heavy atom. The van der Waals surface area contributed by atoms with E-state index in [9.17, 15) is 9.59 Å². The molecule has 3 rings (SSSR count). The van der Waals surface area contributed by atoms with Crippen LogP contribution in [0.5, 0.6) is 0 Å². The van der Waals surface area contributed by atoms with Gasteiger partial charge in [-0.3, -0.25) is 9.59 Å². The number of carbonyl (C=O) groups is 2. The smallest absolute Gasteiger partial charge is 0.251 e. The first-order chi connectivity index (χ1) is 11.1. The molecule has 4 nitrogen and oxygen atoms in total. The number of rotatable bonds is 4. The van der Waals surface area contributed by atoms with Gasteiger partial charge >= 0.3 is 0 Å². The number of carbonyl (C=O) groups excluding carboxylic acids is 2. The van der Waals surface area contributed by atoms with Crippen LogP contribution in [0.15, 0.2) is 48.5 Å². The lowest BCUT2D eigenvalue weighted by molar-refractivity contribution is -0.117. The van der Waals surface area contributed by atoms with Crippen LogP contribution in [0.25, 0.3) is 0 Å². The Hall–Kier alpha value is -2.62. The molecule has 0 radical (unpaired) electrons. The Kier molecular flexibility index (Phi) is 4.42. The molecule has 1 N–H and O–H groups in total. The molecule has 2 amide bonds. The van der Waals surface area contributed by atoms with Crippen molar-refractivity contribution in [3.8, 4) is 0 Å². The molecule has 2 aromatic carbocycles. The number of nitrogens with zero attached hydrogens (tertiary/aromatic N) is 1. The van der Waals surface area contributed by atoms with Crippen molar-refractivity contribution in [2.45, 2.75) is 26.3 Å². The number of hydrogen-bond donors (Lipinski definition) is 1. The third-order valence-electron chi connectivity index (χ3n) is 4.05. The van der Waals surface area contributed by atoms with Gasteiger partial charge in [0.15, 0.2) is 0 Å². The monoisotopic (exact) mass is 308 g/mol. The van der Waals surface area contributed by atoms with E-state index in [0.29, 0.717) is 18.5 Å². The van der Waals surface area contributed by atoms with Crippen LogP contribution < -0.4 is 10.2 Å². The minimum absolute atomic E-state index is 0.0764. The first kappa shape index (κ1) is 15.3. The molecule has 1 saturated heterocycles. The van der Waals surface area contributed by atoms with E-state index in [1.807, 2.05) is 60.4 Å². The van der Waals surface area contributed by atoms with Gasteiger partial charge in [0.2, 0.25) is 5.91 Å². The van der Waals surface area contributed by atoms with Gasteiger partial charge in [0.05, 0.1) is 0 Å². The molecule has 0 unspecified atom stereocenters. The van der Waals surface area contributed by atoms with E-state index in [1.165, 1.54) is 0 Å². The van der Waals surface area contributed by atoms with Crippen LogP contribution in [-0.2, 0) is 11.3 Å². The Morgan fingerprint density at radius 1 is 1.17 bits per heavy atom. The first-order valence-corrected chi connectivity index (χ1v) is 7.88. The number of aryl methyl sites for hydroxylation is 1. The van der Waals surface area contributed by atoms with Crippen LogP contribution in [-0.4, -0.2) is 18.4 Å². The predicted molar refractivity (Wildman–Crippen MR) is 90.4 cm³/mol. The van der Waals surface area contributed by atoms with Gasteiger partial charge in [-0.05, 0) is 43.2 Å². The standard InChI is InChI=1S/C19H20N2O2/c1-14-4-2-5-16(12-14)19(23)20-13-15-7-9-17(10-8-15)21-11-3-6-18(21)22/h2,4-5,7-10,12H,3,6,11,13H2,1H3,(H,20,23). The molecular weight excluding hydrogens is 288 g/mol. The maximum Gasteiger partial charge on any atom is 0.251 e. The SMILES string of the molecule is Cc1cccc(C(=O)NCc2ccc(N3CCCC3=O)cc2)c1. The zero-order chi connectivity index (χ0) is 16.2. The summed E-state index contributed by atoms with van der Waals surface area (Å²) in [5, 5.41) is 2.92. The van der Waals surface area contributed by atoms with Gasteiger partial charge in [-0.15, -0.1) is 0 Å². The van der Waals surface area contributed by atoms with Crippen molar-refractivity contribution in [2.24, 2.45) is 0 Å². The van der Waals surface area contributed by atoms with Crippen LogP contribution in [0.2, 0.25) is 0 Å². The highest BCUT2D eigenvalue weighted by Crippen LogP contribution is 2.21. The highest BCUT2D eigenvalue weighted by molar-refractivity contribution is 5.95. The minimum atomic E-state index is -0.0764. The van der Waals surface area contributed by atoms with E-state index in [4.69, 9.17) is 0 Å². The molecule has 1 aliphatic rings. The van der Waals surface area contributed by atoms with Crippen LogP contribution in [0, 0.1) is 6.92 Å². The van der Waals surface area contributed by atoms with Gasteiger partial charge in [-0.25, -0.2) is 0 Å². The number of nitrogens with one attached hydrogen (secondary N) is 1. The average Bonchev–Trinajstić information content (AvgIpc) is 2.99. The molecule has 23 heavy (non-hydrogen) atoms. The number of benzene rings is 2. The third-order valence-corrected chi connectivity index (χ3v) is 4.05. The lowest BCUT2D eigenvalue weighted by Crippen LogP contribution is -2.24. The van der Waals surface area contributed by atoms with E-state index in [0.717, 1.165) is 29.8 Å². The summed E-state index contributed by atoms with van der Waals surface area (Å²) in [6, 6.07) is 15.3. The van der Waals surface area contributed by atoms with E-state index in [2.05, 4.69) is 5.32 Å². The molecule has 0 aromatic heterocycles. The molecule has 0 spiro atoms. The normalized spacial score (nSPS) is 14.1. The molecule has 1 fully saturated rings. The van der Waals surface area contributed by atoms with Crippen molar-refractivity contribution in [1.29, 1.82) is 0 Å². The topological polar surface area (TPSA) is 49.4 Å². The summed E-state index contributed by atoms with van der Waals surface area (Å²) in [6.45, 7) is 3.23. The fourth-order valence-corrected chi connectivity index (χ4v) is 2.79. The lowest BCUT2D eigenvalue weighted by Gasteiger charge is -2.16. The largest absolute Gasteiger partial charge is 0.348 e. The van der Waals surface area contributed by atoms with Crippen molar-refractivity contribution in [2.75, 3.05) is 11.4 Å². The van der Waals surface area contributed by atoms with Crippen molar-refractivity contribution < 1.29 is 9.59 Å². The Labute approximate surface area is 136 Å². The summed E-state index contributed by atoms with van der Waals surface area (Å²) >= 11 is 0. The van der Waals surface area contributed by atoms with Gasteiger partial charge in [0.25, 0.3) is 5.91 Å². The summed E-state index contributed by atoms with van der Waals surface area (Å²) < 4.78 is 0. The van der Waals surface area contributed by atoms with E-state index in [-0.39, 0.29) is 11.8 Å². The Balaban J connectivity index is 1.60. The fourth-order valence-electron chi connectivity index (χ4n) is 2.79. The number of anilines is 1. The van der Waals surface area contributed by atoms with Gasteiger partial charge in [0.1, 0.15) is 0 Å². The molecule has 1 heterocycles. The van der Waals surface area contributed by atoms with Gasteiger partial charge in [0, 0.05) is 30.8 Å².